The fourth-order valence-corrected chi connectivity index (χ4v) is 4.61. The van der Waals surface area contributed by atoms with E-state index >= 15 is 0 Å². The number of sulfonamides is 1. The molecule has 4 aromatic rings. The molecule has 0 aliphatic heterocycles. The van der Waals surface area contributed by atoms with Crippen LogP contribution in [0.2, 0.25) is 0 Å². The van der Waals surface area contributed by atoms with Gasteiger partial charge < -0.3 is 10.1 Å². The third-order valence-electron chi connectivity index (χ3n) is 4.79. The molecule has 9 heteroatoms. The molecule has 33 heavy (non-hydrogen) atoms. The molecule has 0 spiro atoms. The molecule has 1 heterocycles. The number of ether oxygens (including phenoxy) is 1. The molecule has 0 saturated carbocycles. The predicted molar refractivity (Wildman–Crippen MR) is 133 cm³/mol. The van der Waals surface area contributed by atoms with Crippen molar-refractivity contribution < 1.29 is 17.9 Å². The maximum absolute atomic E-state index is 12.3. The Balaban J connectivity index is 1.26. The number of aromatic nitrogens is 1. The number of thiazole rings is 1. The van der Waals surface area contributed by atoms with Crippen LogP contribution in [0.3, 0.4) is 0 Å². The molecular weight excluding hydrogens is 458 g/mol. The van der Waals surface area contributed by atoms with Crippen molar-refractivity contribution in [3.8, 4) is 17.0 Å². The molecular formula is C24H23N3O4S2. The Morgan fingerprint density at radius 2 is 1.79 bits per heavy atom. The summed E-state index contributed by atoms with van der Waals surface area (Å²) in [6.45, 7) is 0.443. The van der Waals surface area contributed by atoms with Gasteiger partial charge in [0.05, 0.1) is 18.6 Å². The predicted octanol–water partition coefficient (Wildman–Crippen LogP) is 5.13. The topological polar surface area (TPSA) is 97.4 Å². The number of anilines is 2. The van der Waals surface area contributed by atoms with Gasteiger partial charge in [0.2, 0.25) is 15.9 Å². The van der Waals surface area contributed by atoms with E-state index in [2.05, 4.69) is 15.0 Å². The van der Waals surface area contributed by atoms with Crippen LogP contribution < -0.4 is 14.8 Å². The van der Waals surface area contributed by atoms with Crippen molar-refractivity contribution in [1.82, 2.24) is 4.98 Å². The van der Waals surface area contributed by atoms with Crippen molar-refractivity contribution in [3.05, 3.63) is 72.1 Å². The van der Waals surface area contributed by atoms with E-state index < -0.39 is 10.0 Å². The zero-order chi connectivity index (χ0) is 23.3. The fourth-order valence-electron chi connectivity index (χ4n) is 3.31. The molecule has 1 amide bonds. The van der Waals surface area contributed by atoms with Crippen molar-refractivity contribution in [3.63, 3.8) is 0 Å². The Morgan fingerprint density at radius 3 is 2.58 bits per heavy atom. The molecule has 4 rings (SSSR count). The lowest BCUT2D eigenvalue weighted by atomic mass is 10.1. The molecule has 0 radical (unpaired) electrons. The summed E-state index contributed by atoms with van der Waals surface area (Å²) < 4.78 is 30.9. The summed E-state index contributed by atoms with van der Waals surface area (Å²) in [5.41, 5.74) is 2.02. The number of hydrogen-bond donors (Lipinski definition) is 2. The van der Waals surface area contributed by atoms with E-state index in [1.807, 2.05) is 47.8 Å². The summed E-state index contributed by atoms with van der Waals surface area (Å²) >= 11 is 1.34. The highest BCUT2D eigenvalue weighted by atomic mass is 32.2. The molecule has 3 aromatic carbocycles. The maximum atomic E-state index is 12.3. The summed E-state index contributed by atoms with van der Waals surface area (Å²) in [4.78, 5) is 16.7. The van der Waals surface area contributed by atoms with Crippen LogP contribution in [0, 0.1) is 0 Å². The molecule has 1 aromatic heterocycles. The second-order valence-corrected chi connectivity index (χ2v) is 10.1. The number of rotatable bonds is 9. The largest absolute Gasteiger partial charge is 0.493 e. The van der Waals surface area contributed by atoms with Gasteiger partial charge in [0.15, 0.2) is 5.13 Å². The van der Waals surface area contributed by atoms with E-state index in [4.69, 9.17) is 4.74 Å². The highest BCUT2D eigenvalue weighted by molar-refractivity contribution is 7.92. The fraction of sp³-hybridized carbons (Fsp3) is 0.167. The average molecular weight is 482 g/mol. The maximum Gasteiger partial charge on any atom is 0.229 e. The first kappa shape index (κ1) is 22.8. The van der Waals surface area contributed by atoms with Gasteiger partial charge in [-0.3, -0.25) is 9.52 Å². The van der Waals surface area contributed by atoms with E-state index in [0.717, 1.165) is 28.3 Å². The van der Waals surface area contributed by atoms with Gasteiger partial charge in [0.1, 0.15) is 5.75 Å². The summed E-state index contributed by atoms with van der Waals surface area (Å²) in [6.07, 6.45) is 2.01. The molecule has 0 aliphatic carbocycles. The molecule has 0 aliphatic rings. The molecule has 0 fully saturated rings. The van der Waals surface area contributed by atoms with Crippen LogP contribution in [0.25, 0.3) is 22.0 Å². The van der Waals surface area contributed by atoms with Crippen LogP contribution in [-0.2, 0) is 14.8 Å². The quantitative estimate of drug-likeness (QED) is 0.323. The summed E-state index contributed by atoms with van der Waals surface area (Å²) in [7, 11) is -3.32. The zero-order valence-corrected chi connectivity index (χ0v) is 19.6. The summed E-state index contributed by atoms with van der Waals surface area (Å²) in [5.74, 6) is 0.695. The standard InChI is InChI=1S/C24H23N3O4S2/c1-33(29,30)27-19-13-11-18(12-14-19)21-16-32-24(25-21)26-23(28)10-5-15-31-22-9-4-7-17-6-2-3-8-20(17)22/h2-4,6-9,11-14,16,27H,5,10,15H2,1H3,(H,25,26,28). The molecule has 0 unspecified atom stereocenters. The van der Waals surface area contributed by atoms with Crippen molar-refractivity contribution in [2.24, 2.45) is 0 Å². The number of benzene rings is 3. The smallest absolute Gasteiger partial charge is 0.229 e. The lowest BCUT2D eigenvalue weighted by Gasteiger charge is -2.09. The Hall–Kier alpha value is -3.43. The van der Waals surface area contributed by atoms with E-state index in [9.17, 15) is 13.2 Å². The van der Waals surface area contributed by atoms with Gasteiger partial charge in [-0.15, -0.1) is 11.3 Å². The van der Waals surface area contributed by atoms with Crippen LogP contribution in [0.15, 0.2) is 72.1 Å². The van der Waals surface area contributed by atoms with Gasteiger partial charge in [-0.25, -0.2) is 13.4 Å². The second-order valence-electron chi connectivity index (χ2n) is 7.47. The number of carbonyl (C=O) groups excluding carboxylic acids is 1. The molecule has 0 atom stereocenters. The molecule has 7 nitrogen and oxygen atoms in total. The second kappa shape index (κ2) is 10.0. The SMILES string of the molecule is CS(=O)(=O)Nc1ccc(-c2csc(NC(=O)CCCOc3cccc4ccccc34)n2)cc1. The number of carbonyl (C=O) groups is 1. The first-order valence-electron chi connectivity index (χ1n) is 10.3. The lowest BCUT2D eigenvalue weighted by Crippen LogP contribution is -2.12. The van der Waals surface area contributed by atoms with Crippen LogP contribution in [0.1, 0.15) is 12.8 Å². The number of fused-ring (bicyclic) bond motifs is 1. The van der Waals surface area contributed by atoms with E-state index in [1.165, 1.54) is 11.3 Å². The molecule has 2 N–H and O–H groups in total. The van der Waals surface area contributed by atoms with Crippen LogP contribution in [0.5, 0.6) is 5.75 Å². The number of amides is 1. The van der Waals surface area contributed by atoms with E-state index in [1.54, 1.807) is 24.3 Å². The number of hydrogen-bond acceptors (Lipinski definition) is 6. The van der Waals surface area contributed by atoms with Crippen molar-refractivity contribution in [1.29, 1.82) is 0 Å². The average Bonchev–Trinajstić information content (AvgIpc) is 3.24. The number of nitrogens with one attached hydrogen (secondary N) is 2. The normalized spacial score (nSPS) is 11.3. The Morgan fingerprint density at radius 1 is 1.03 bits per heavy atom. The summed E-state index contributed by atoms with van der Waals surface area (Å²) in [6, 6.07) is 20.9. The monoisotopic (exact) mass is 481 g/mol. The number of nitrogens with zero attached hydrogens (tertiary/aromatic N) is 1. The lowest BCUT2D eigenvalue weighted by molar-refractivity contribution is -0.116. The van der Waals surface area contributed by atoms with Crippen LogP contribution in [0.4, 0.5) is 10.8 Å². The van der Waals surface area contributed by atoms with Crippen molar-refractivity contribution in [2.75, 3.05) is 22.9 Å². The Bertz CT molecular complexity index is 1360. The first-order chi connectivity index (χ1) is 15.9. The molecule has 170 valence electrons. The van der Waals surface area contributed by atoms with Crippen LogP contribution >= 0.6 is 11.3 Å². The minimum atomic E-state index is -3.32. The van der Waals surface area contributed by atoms with Crippen molar-refractivity contribution >= 4 is 48.9 Å². The van der Waals surface area contributed by atoms with Crippen molar-refractivity contribution in [2.45, 2.75) is 12.8 Å². The minimum absolute atomic E-state index is 0.120. The Labute approximate surface area is 196 Å². The van der Waals surface area contributed by atoms with Gasteiger partial charge >= 0.3 is 0 Å². The highest BCUT2D eigenvalue weighted by Gasteiger charge is 2.09. The zero-order valence-electron chi connectivity index (χ0n) is 17.9. The first-order valence-corrected chi connectivity index (χ1v) is 13.1. The highest BCUT2D eigenvalue weighted by Crippen LogP contribution is 2.27. The van der Waals surface area contributed by atoms with Gasteiger partial charge in [-0.1, -0.05) is 48.5 Å². The van der Waals surface area contributed by atoms with Gasteiger partial charge in [-0.2, -0.15) is 0 Å². The van der Waals surface area contributed by atoms with Gasteiger partial charge in [0, 0.05) is 28.4 Å². The molecule has 0 saturated heterocycles. The van der Waals surface area contributed by atoms with Gasteiger partial charge in [0.25, 0.3) is 0 Å². The van der Waals surface area contributed by atoms with E-state index in [0.29, 0.717) is 36.0 Å². The van der Waals surface area contributed by atoms with Crippen LogP contribution in [-0.4, -0.2) is 32.2 Å². The Kier molecular flexibility index (Phi) is 6.90. The van der Waals surface area contributed by atoms with E-state index in [-0.39, 0.29) is 5.91 Å². The third-order valence-corrected chi connectivity index (χ3v) is 6.15. The third kappa shape index (κ3) is 6.30. The van der Waals surface area contributed by atoms with Gasteiger partial charge in [-0.05, 0) is 30.0 Å². The minimum Gasteiger partial charge on any atom is -0.493 e. The molecule has 0 bridgehead atoms. The summed E-state index contributed by atoms with van der Waals surface area (Å²) in [5, 5.41) is 7.36.